The largest absolute Gasteiger partial charge is 0.494 e. The van der Waals surface area contributed by atoms with Gasteiger partial charge in [0.05, 0.1) is 6.61 Å². The Morgan fingerprint density at radius 3 is 2.40 bits per heavy atom. The van der Waals surface area contributed by atoms with Gasteiger partial charge in [0.15, 0.2) is 0 Å². The summed E-state index contributed by atoms with van der Waals surface area (Å²) in [6.07, 6.45) is 5.11. The molecule has 0 aliphatic heterocycles. The molecule has 2 N–H and O–H groups in total. The fourth-order valence-electron chi connectivity index (χ4n) is 5.11. The van der Waals surface area contributed by atoms with Crippen molar-refractivity contribution < 1.29 is 9.53 Å². The number of nitrogens with zero attached hydrogens (tertiary/aromatic N) is 2. The van der Waals surface area contributed by atoms with E-state index < -0.39 is 0 Å². The molecule has 0 aliphatic rings. The zero-order valence-electron chi connectivity index (χ0n) is 25.9. The van der Waals surface area contributed by atoms with E-state index in [4.69, 9.17) is 16.3 Å². The number of halogens is 1. The quantitative estimate of drug-likeness (QED) is 0.118. The predicted molar refractivity (Wildman–Crippen MR) is 179 cm³/mol. The Hall–Kier alpha value is -3.84. The number of hydrogen-bond donors (Lipinski definition) is 2. The second-order valence-electron chi connectivity index (χ2n) is 11.5. The van der Waals surface area contributed by atoms with Crippen LogP contribution in [-0.4, -0.2) is 35.0 Å². The molecule has 0 saturated carbocycles. The van der Waals surface area contributed by atoms with E-state index in [1.807, 2.05) is 24.3 Å². The van der Waals surface area contributed by atoms with Gasteiger partial charge in [-0.05, 0) is 95.8 Å². The Morgan fingerprint density at radius 1 is 0.977 bits per heavy atom. The fourth-order valence-corrected chi connectivity index (χ4v) is 5.30. The van der Waals surface area contributed by atoms with Gasteiger partial charge in [-0.15, -0.1) is 11.6 Å². The summed E-state index contributed by atoms with van der Waals surface area (Å²) in [6.45, 7) is 11.6. The number of nitrogens with one attached hydrogen (secondary N) is 2. The smallest absolute Gasteiger partial charge is 0.326 e. The Morgan fingerprint density at radius 2 is 1.72 bits per heavy atom. The molecule has 7 nitrogen and oxygen atoms in total. The van der Waals surface area contributed by atoms with Gasteiger partial charge in [0.1, 0.15) is 17.1 Å². The number of rotatable bonds is 13. The zero-order valence-corrected chi connectivity index (χ0v) is 26.6. The van der Waals surface area contributed by atoms with Gasteiger partial charge in [0.25, 0.3) is 5.56 Å². The van der Waals surface area contributed by atoms with Crippen LogP contribution in [0.5, 0.6) is 5.75 Å². The molecule has 4 aromatic rings. The van der Waals surface area contributed by atoms with Gasteiger partial charge in [-0.1, -0.05) is 53.2 Å². The van der Waals surface area contributed by atoms with Gasteiger partial charge >= 0.3 is 6.03 Å². The summed E-state index contributed by atoms with van der Waals surface area (Å²) < 4.78 is 5.99. The summed E-state index contributed by atoms with van der Waals surface area (Å²) in [6, 6.07) is 17.6. The second-order valence-corrected chi connectivity index (χ2v) is 11.8. The number of anilines is 2. The molecule has 0 aliphatic carbocycles. The Labute approximate surface area is 259 Å². The number of ether oxygens (including phenoxy) is 1. The van der Waals surface area contributed by atoms with E-state index in [0.29, 0.717) is 30.4 Å². The van der Waals surface area contributed by atoms with Crippen molar-refractivity contribution in [3.05, 3.63) is 82.3 Å². The summed E-state index contributed by atoms with van der Waals surface area (Å²) in [5.41, 5.74) is 5.46. The first-order chi connectivity index (χ1) is 20.7. The number of aromatic nitrogens is 2. The molecule has 0 spiro atoms. The third-order valence-electron chi connectivity index (χ3n) is 7.51. The van der Waals surface area contributed by atoms with E-state index in [0.717, 1.165) is 64.8 Å². The van der Waals surface area contributed by atoms with E-state index in [1.165, 1.54) is 0 Å². The van der Waals surface area contributed by atoms with E-state index in [2.05, 4.69) is 74.2 Å². The van der Waals surface area contributed by atoms with E-state index in [1.54, 1.807) is 17.2 Å². The van der Waals surface area contributed by atoms with Crippen LogP contribution in [0.15, 0.2) is 65.6 Å². The van der Waals surface area contributed by atoms with Crippen molar-refractivity contribution in [3.63, 3.8) is 0 Å². The Bertz CT molecular complexity index is 1570. The number of unbranched alkanes of at least 4 members (excludes halogenated alkanes) is 2. The minimum atomic E-state index is -0.342. The molecule has 8 heteroatoms. The molecular formula is C35H43ClN4O3. The number of aromatic amines is 1. The third kappa shape index (κ3) is 7.96. The van der Waals surface area contributed by atoms with Crippen LogP contribution in [0.25, 0.3) is 22.2 Å². The van der Waals surface area contributed by atoms with Crippen LogP contribution in [0.2, 0.25) is 0 Å². The number of amides is 2. The third-order valence-corrected chi connectivity index (χ3v) is 7.77. The van der Waals surface area contributed by atoms with Crippen LogP contribution >= 0.6 is 11.6 Å². The van der Waals surface area contributed by atoms with Crippen LogP contribution in [0.3, 0.4) is 0 Å². The number of hydrogen-bond acceptors (Lipinski definition) is 4. The van der Waals surface area contributed by atoms with Crippen LogP contribution in [0.4, 0.5) is 16.2 Å². The maximum Gasteiger partial charge on any atom is 0.326 e. The average Bonchev–Trinajstić information content (AvgIpc) is 2.99. The molecular weight excluding hydrogens is 560 g/mol. The fraction of sp³-hybridized carbons (Fsp3) is 0.400. The Balaban J connectivity index is 1.72. The molecule has 2 amide bonds. The lowest BCUT2D eigenvalue weighted by Gasteiger charge is -2.27. The number of carbonyl (C=O) groups is 1. The molecule has 2 heterocycles. The van der Waals surface area contributed by atoms with Crippen LogP contribution in [0, 0.1) is 0 Å². The van der Waals surface area contributed by atoms with Gasteiger partial charge in [-0.2, -0.15) is 0 Å². The van der Waals surface area contributed by atoms with Crippen molar-refractivity contribution in [2.45, 2.75) is 72.1 Å². The summed E-state index contributed by atoms with van der Waals surface area (Å²) >= 11 is 5.81. The molecule has 228 valence electrons. The number of carbonyl (C=O) groups excluding carboxylic acids is 1. The lowest BCUT2D eigenvalue weighted by molar-refractivity contribution is 0.256. The first kappa shape index (κ1) is 32.1. The molecule has 4 rings (SSSR count). The van der Waals surface area contributed by atoms with E-state index in [9.17, 15) is 9.59 Å². The van der Waals surface area contributed by atoms with Gasteiger partial charge < -0.3 is 15.0 Å². The van der Waals surface area contributed by atoms with Gasteiger partial charge in [0.2, 0.25) is 0 Å². The second kappa shape index (κ2) is 15.1. The number of alkyl halides is 1. The van der Waals surface area contributed by atoms with Crippen LogP contribution in [-0.2, 0) is 0 Å². The molecule has 43 heavy (non-hydrogen) atoms. The van der Waals surface area contributed by atoms with Crippen molar-refractivity contribution in [1.29, 1.82) is 0 Å². The SMILES string of the molecule is CCCCN(C(=O)Nc1c(C(C)C)cc(-c2cccc(OCCCCCl)c2)cc1C(C)C)c1cc2cccnc2[nH]c1=O. The number of urea groups is 1. The van der Waals surface area contributed by atoms with Crippen molar-refractivity contribution in [2.75, 3.05) is 29.2 Å². The first-order valence-electron chi connectivity index (χ1n) is 15.3. The number of pyridine rings is 2. The summed E-state index contributed by atoms with van der Waals surface area (Å²) in [5, 5.41) is 4.01. The lowest BCUT2D eigenvalue weighted by Crippen LogP contribution is -2.39. The summed E-state index contributed by atoms with van der Waals surface area (Å²) in [4.78, 5) is 35.8. The zero-order chi connectivity index (χ0) is 30.9. The Kier molecular flexibility index (Phi) is 11.2. The molecule has 0 unspecified atom stereocenters. The molecule has 2 aromatic heterocycles. The first-order valence-corrected chi connectivity index (χ1v) is 15.8. The molecule has 0 radical (unpaired) electrons. The van der Waals surface area contributed by atoms with E-state index >= 15 is 0 Å². The van der Waals surface area contributed by atoms with Crippen molar-refractivity contribution in [1.82, 2.24) is 9.97 Å². The van der Waals surface area contributed by atoms with Crippen molar-refractivity contribution in [3.8, 4) is 16.9 Å². The maximum atomic E-state index is 14.0. The minimum Gasteiger partial charge on any atom is -0.494 e. The van der Waals surface area contributed by atoms with Gasteiger partial charge in [0, 0.05) is 29.7 Å². The monoisotopic (exact) mass is 602 g/mol. The molecule has 2 aromatic carbocycles. The highest BCUT2D eigenvalue weighted by atomic mass is 35.5. The van der Waals surface area contributed by atoms with Gasteiger partial charge in [-0.3, -0.25) is 9.69 Å². The summed E-state index contributed by atoms with van der Waals surface area (Å²) in [5.74, 6) is 1.74. The number of fused-ring (bicyclic) bond motifs is 1. The normalized spacial score (nSPS) is 11.3. The lowest BCUT2D eigenvalue weighted by atomic mass is 9.88. The topological polar surface area (TPSA) is 87.3 Å². The molecule has 0 saturated heterocycles. The molecule has 0 fully saturated rings. The average molecular weight is 603 g/mol. The molecule has 0 bridgehead atoms. The van der Waals surface area contributed by atoms with Gasteiger partial charge in [-0.25, -0.2) is 9.78 Å². The van der Waals surface area contributed by atoms with Crippen LogP contribution in [0.1, 0.15) is 83.3 Å². The standard InChI is InChI=1S/C35H43ClN4O3/c1-6-7-17-40(31-22-26-13-11-16-37-33(26)39-34(31)41)35(42)38-32-29(23(2)3)20-27(21-30(32)24(4)5)25-12-10-14-28(19-25)43-18-9-8-15-36/h10-14,16,19-24H,6-9,15,17-18H2,1-5H3,(H,38,42)(H,37,39,41). The highest BCUT2D eigenvalue weighted by Crippen LogP contribution is 2.38. The highest BCUT2D eigenvalue weighted by molar-refractivity contribution is 6.17. The summed E-state index contributed by atoms with van der Waals surface area (Å²) in [7, 11) is 0. The number of H-pyrrole nitrogens is 1. The minimum absolute atomic E-state index is 0.141. The predicted octanol–water partition coefficient (Wildman–Crippen LogP) is 9.07. The number of benzene rings is 2. The highest BCUT2D eigenvalue weighted by Gasteiger charge is 2.24. The maximum absolute atomic E-state index is 14.0. The van der Waals surface area contributed by atoms with Crippen LogP contribution < -0.4 is 20.5 Å². The van der Waals surface area contributed by atoms with E-state index in [-0.39, 0.29) is 23.4 Å². The molecule has 0 atom stereocenters. The van der Waals surface area contributed by atoms with Crippen molar-refractivity contribution in [2.24, 2.45) is 0 Å². The van der Waals surface area contributed by atoms with Crippen molar-refractivity contribution >= 4 is 40.0 Å².